The summed E-state index contributed by atoms with van der Waals surface area (Å²) in [5, 5.41) is 1.58. The highest BCUT2D eigenvalue weighted by molar-refractivity contribution is 8.00. The van der Waals surface area contributed by atoms with Gasteiger partial charge in [-0.15, -0.1) is 11.8 Å². The van der Waals surface area contributed by atoms with E-state index in [2.05, 4.69) is 9.97 Å². The maximum absolute atomic E-state index is 11.9. The number of hydrogen-bond donors (Lipinski definition) is 1. The fourth-order valence-corrected chi connectivity index (χ4v) is 2.92. The van der Waals surface area contributed by atoms with Crippen LogP contribution < -0.4 is 5.73 Å². The fourth-order valence-electron chi connectivity index (χ4n) is 1.64. The summed E-state index contributed by atoms with van der Waals surface area (Å²) in [6.45, 7) is 7.38. The zero-order valence-electron chi connectivity index (χ0n) is 12.9. The molecule has 1 rings (SSSR count). The van der Waals surface area contributed by atoms with Crippen LogP contribution in [0.15, 0.2) is 28.4 Å². The highest BCUT2D eigenvalue weighted by Gasteiger charge is 2.09. The lowest BCUT2D eigenvalue weighted by atomic mass is 10.3. The lowest BCUT2D eigenvalue weighted by Gasteiger charge is -2.16. The maximum Gasteiger partial charge on any atom is 0.246 e. The number of anilines is 1. The number of nitrogens with zero attached hydrogens (tertiary/aromatic N) is 3. The van der Waals surface area contributed by atoms with E-state index in [-0.39, 0.29) is 11.2 Å². The lowest BCUT2D eigenvalue weighted by molar-refractivity contribution is -0.125. The van der Waals surface area contributed by atoms with Crippen molar-refractivity contribution in [1.82, 2.24) is 14.9 Å². The van der Waals surface area contributed by atoms with E-state index < -0.39 is 0 Å². The van der Waals surface area contributed by atoms with Gasteiger partial charge in [0.1, 0.15) is 10.8 Å². The number of hydrogen-bond acceptors (Lipinski definition) is 6. The maximum atomic E-state index is 11.9. The van der Waals surface area contributed by atoms with E-state index in [9.17, 15) is 4.79 Å². The predicted octanol–water partition coefficient (Wildman–Crippen LogP) is 2.69. The SMILES string of the molecule is CCN(CC)C(=O)/C=C/C(C)Sc1nc(N)cc(SC)n1. The summed E-state index contributed by atoms with van der Waals surface area (Å²) in [6, 6.07) is 1.75. The van der Waals surface area contributed by atoms with E-state index in [1.54, 1.807) is 17.0 Å². The molecule has 116 valence electrons. The second-order valence-electron chi connectivity index (χ2n) is 4.31. The first-order valence-corrected chi connectivity index (χ1v) is 8.92. The van der Waals surface area contributed by atoms with E-state index in [0.29, 0.717) is 11.0 Å². The molecule has 0 radical (unpaired) electrons. The Morgan fingerprint density at radius 3 is 2.67 bits per heavy atom. The molecule has 2 N–H and O–H groups in total. The van der Waals surface area contributed by atoms with Gasteiger partial charge in [-0.2, -0.15) is 0 Å². The summed E-state index contributed by atoms with van der Waals surface area (Å²) in [4.78, 5) is 22.3. The fraction of sp³-hybridized carbons (Fsp3) is 0.500. The van der Waals surface area contributed by atoms with Crippen molar-refractivity contribution in [3.63, 3.8) is 0 Å². The van der Waals surface area contributed by atoms with Crippen LogP contribution in [0.5, 0.6) is 0 Å². The van der Waals surface area contributed by atoms with Crippen LogP contribution in [-0.4, -0.2) is 45.4 Å². The van der Waals surface area contributed by atoms with Crippen LogP contribution in [-0.2, 0) is 4.79 Å². The Bertz CT molecular complexity index is 504. The summed E-state index contributed by atoms with van der Waals surface area (Å²) < 4.78 is 0. The van der Waals surface area contributed by atoms with Gasteiger partial charge in [0, 0.05) is 30.5 Å². The number of rotatable bonds is 7. The number of nitrogen functional groups attached to an aromatic ring is 1. The number of aromatic nitrogens is 2. The van der Waals surface area contributed by atoms with Crippen LogP contribution >= 0.6 is 23.5 Å². The highest BCUT2D eigenvalue weighted by Crippen LogP contribution is 2.24. The zero-order chi connectivity index (χ0) is 15.8. The second-order valence-corrected chi connectivity index (χ2v) is 6.48. The molecule has 0 fully saturated rings. The number of nitrogens with two attached hydrogens (primary N) is 1. The van der Waals surface area contributed by atoms with E-state index in [4.69, 9.17) is 5.73 Å². The molecular weight excluding hydrogens is 304 g/mol. The lowest BCUT2D eigenvalue weighted by Crippen LogP contribution is -2.28. The summed E-state index contributed by atoms with van der Waals surface area (Å²) in [7, 11) is 0. The first-order valence-electron chi connectivity index (χ1n) is 6.82. The van der Waals surface area contributed by atoms with E-state index in [0.717, 1.165) is 18.1 Å². The van der Waals surface area contributed by atoms with Crippen LogP contribution in [0.2, 0.25) is 0 Å². The normalized spacial score (nSPS) is 12.6. The summed E-state index contributed by atoms with van der Waals surface area (Å²) in [5.74, 6) is 0.498. The summed E-state index contributed by atoms with van der Waals surface area (Å²) in [5.41, 5.74) is 5.75. The molecule has 1 aromatic rings. The zero-order valence-corrected chi connectivity index (χ0v) is 14.5. The molecule has 1 aromatic heterocycles. The van der Waals surface area contributed by atoms with Crippen LogP contribution in [0, 0.1) is 0 Å². The molecule has 7 heteroatoms. The molecular formula is C14H22N4OS2. The minimum absolute atomic E-state index is 0.0331. The Kier molecular flexibility index (Phi) is 7.60. The Hall–Kier alpha value is -1.21. The third kappa shape index (κ3) is 5.97. The topological polar surface area (TPSA) is 72.1 Å². The minimum atomic E-state index is 0.0331. The van der Waals surface area contributed by atoms with Gasteiger partial charge in [0.15, 0.2) is 5.16 Å². The van der Waals surface area contributed by atoms with Crippen LogP contribution in [0.1, 0.15) is 20.8 Å². The third-order valence-electron chi connectivity index (χ3n) is 2.79. The Morgan fingerprint density at radius 1 is 1.43 bits per heavy atom. The van der Waals surface area contributed by atoms with Gasteiger partial charge in [-0.25, -0.2) is 9.97 Å². The van der Waals surface area contributed by atoms with Crippen molar-refractivity contribution in [3.8, 4) is 0 Å². The van der Waals surface area contributed by atoms with E-state index >= 15 is 0 Å². The monoisotopic (exact) mass is 326 g/mol. The number of carbonyl (C=O) groups is 1. The molecule has 1 amide bonds. The Labute approximate surface area is 134 Å². The molecule has 0 bridgehead atoms. The van der Waals surface area contributed by atoms with Crippen molar-refractivity contribution in [2.75, 3.05) is 25.1 Å². The van der Waals surface area contributed by atoms with Crippen LogP contribution in [0.4, 0.5) is 5.82 Å². The molecule has 0 aliphatic heterocycles. The molecule has 0 saturated heterocycles. The number of carbonyl (C=O) groups excluding carboxylic acids is 1. The molecule has 21 heavy (non-hydrogen) atoms. The molecule has 0 spiro atoms. The van der Waals surface area contributed by atoms with Gasteiger partial charge < -0.3 is 10.6 Å². The first kappa shape index (κ1) is 17.8. The largest absolute Gasteiger partial charge is 0.384 e. The second kappa shape index (κ2) is 8.94. The molecule has 1 heterocycles. The van der Waals surface area contributed by atoms with Gasteiger partial charge in [0.05, 0.1) is 0 Å². The molecule has 0 aliphatic rings. The van der Waals surface area contributed by atoms with Gasteiger partial charge in [-0.3, -0.25) is 4.79 Å². The first-order chi connectivity index (χ1) is 9.99. The van der Waals surface area contributed by atoms with Crippen molar-refractivity contribution in [2.45, 2.75) is 36.2 Å². The number of thioether (sulfide) groups is 2. The highest BCUT2D eigenvalue weighted by atomic mass is 32.2. The van der Waals surface area contributed by atoms with Crippen molar-refractivity contribution in [1.29, 1.82) is 0 Å². The van der Waals surface area contributed by atoms with Gasteiger partial charge >= 0.3 is 0 Å². The smallest absolute Gasteiger partial charge is 0.246 e. The molecule has 1 atom stereocenters. The average Bonchev–Trinajstić information content (AvgIpc) is 2.45. The third-order valence-corrected chi connectivity index (χ3v) is 4.34. The molecule has 1 unspecified atom stereocenters. The summed E-state index contributed by atoms with van der Waals surface area (Å²) in [6.07, 6.45) is 5.44. The van der Waals surface area contributed by atoms with Crippen molar-refractivity contribution in [2.24, 2.45) is 0 Å². The Morgan fingerprint density at radius 2 is 2.10 bits per heavy atom. The van der Waals surface area contributed by atoms with Gasteiger partial charge in [0.2, 0.25) is 5.91 Å². The quantitative estimate of drug-likeness (QED) is 0.359. The van der Waals surface area contributed by atoms with Gasteiger partial charge in [-0.1, -0.05) is 17.8 Å². The number of likely N-dealkylation sites (N-methyl/N-ethyl adjacent to an activating group) is 1. The molecule has 0 aliphatic carbocycles. The summed E-state index contributed by atoms with van der Waals surface area (Å²) >= 11 is 3.01. The molecule has 0 aromatic carbocycles. The minimum Gasteiger partial charge on any atom is -0.384 e. The molecule has 0 saturated carbocycles. The molecule has 5 nitrogen and oxygen atoms in total. The van der Waals surface area contributed by atoms with E-state index in [1.165, 1.54) is 23.5 Å². The number of amides is 1. The van der Waals surface area contributed by atoms with Crippen LogP contribution in [0.3, 0.4) is 0 Å². The predicted molar refractivity (Wildman–Crippen MR) is 90.6 cm³/mol. The van der Waals surface area contributed by atoms with Gasteiger partial charge in [-0.05, 0) is 27.0 Å². The standard InChI is InChI=1S/C14H22N4OS2/c1-5-18(6-2)13(19)8-7-10(3)21-14-16-11(15)9-12(17-14)20-4/h7-10H,5-6H2,1-4H3,(H2,15,16,17)/b8-7+. The van der Waals surface area contributed by atoms with Crippen molar-refractivity contribution >= 4 is 35.2 Å². The Balaban J connectivity index is 2.67. The average molecular weight is 326 g/mol. The van der Waals surface area contributed by atoms with Crippen molar-refractivity contribution in [3.05, 3.63) is 18.2 Å². The van der Waals surface area contributed by atoms with E-state index in [1.807, 2.05) is 33.1 Å². The van der Waals surface area contributed by atoms with Gasteiger partial charge in [0.25, 0.3) is 0 Å². The van der Waals surface area contributed by atoms with Crippen molar-refractivity contribution < 1.29 is 4.79 Å². The van der Waals surface area contributed by atoms with Crippen LogP contribution in [0.25, 0.3) is 0 Å².